The van der Waals surface area contributed by atoms with Gasteiger partial charge in [-0.25, -0.2) is 0 Å². The zero-order valence-electron chi connectivity index (χ0n) is 17.0. The maximum atomic E-state index is 13.6. The van der Waals surface area contributed by atoms with Crippen molar-refractivity contribution in [1.82, 2.24) is 19.8 Å². The minimum atomic E-state index is -4.40. The van der Waals surface area contributed by atoms with Gasteiger partial charge in [0.05, 0.1) is 5.92 Å². The minimum Gasteiger partial charge on any atom is -0.437 e. The normalized spacial score (nSPS) is 16.4. The highest BCUT2D eigenvalue weighted by Gasteiger charge is 2.40. The quantitative estimate of drug-likeness (QED) is 0.349. The van der Waals surface area contributed by atoms with Crippen molar-refractivity contribution in [3.8, 4) is 17.0 Å². The molecule has 2 aromatic heterocycles. The van der Waals surface area contributed by atoms with Gasteiger partial charge < -0.3 is 4.74 Å². The van der Waals surface area contributed by atoms with E-state index in [1.807, 2.05) is 60.7 Å². The summed E-state index contributed by atoms with van der Waals surface area (Å²) in [5.41, 5.74) is 3.00. The Bertz CT molecular complexity index is 1370. The monoisotopic (exact) mass is 468 g/mol. The minimum absolute atomic E-state index is 0.0130. The summed E-state index contributed by atoms with van der Waals surface area (Å²) in [7, 11) is 0. The van der Waals surface area contributed by atoms with Gasteiger partial charge in [-0.3, -0.25) is 0 Å². The van der Waals surface area contributed by atoms with Crippen LogP contribution in [0.15, 0.2) is 84.6 Å². The number of aromatic nitrogens is 4. The molecule has 1 unspecified atom stereocenters. The topological polar surface area (TPSA) is 52.3 Å². The maximum absolute atomic E-state index is 13.6. The Morgan fingerprint density at radius 1 is 0.939 bits per heavy atom. The first-order chi connectivity index (χ1) is 15.9. The predicted molar refractivity (Wildman–Crippen MR) is 119 cm³/mol. The standard InChI is InChI=1S/C24H16ClF3N4O/c25-23-30-29-21-14-19(16-9-5-2-6-10-16)22(31-32(21)23)33-20-13-17(24(26,27)28)11-12-18(20)15-7-3-1-4-8-15/h1-10,12-14,17H,11H2. The number of rotatable bonds is 4. The van der Waals surface area contributed by atoms with Crippen LogP contribution in [0.2, 0.25) is 5.28 Å². The highest BCUT2D eigenvalue weighted by atomic mass is 35.5. The van der Waals surface area contributed by atoms with Crippen LogP contribution in [0.5, 0.6) is 5.88 Å². The van der Waals surface area contributed by atoms with Crippen molar-refractivity contribution in [2.24, 2.45) is 5.92 Å². The molecule has 4 aromatic rings. The Balaban J connectivity index is 1.65. The van der Waals surface area contributed by atoms with Crippen LogP contribution >= 0.6 is 11.6 Å². The van der Waals surface area contributed by atoms with Gasteiger partial charge in [0.2, 0.25) is 11.2 Å². The van der Waals surface area contributed by atoms with E-state index in [2.05, 4.69) is 15.3 Å². The molecule has 0 saturated heterocycles. The average Bonchev–Trinajstić information content (AvgIpc) is 3.19. The van der Waals surface area contributed by atoms with Crippen molar-refractivity contribution < 1.29 is 17.9 Å². The molecule has 9 heteroatoms. The maximum Gasteiger partial charge on any atom is 0.395 e. The van der Waals surface area contributed by atoms with Gasteiger partial charge in [-0.05, 0) is 41.3 Å². The van der Waals surface area contributed by atoms with Gasteiger partial charge in [-0.2, -0.15) is 17.7 Å². The van der Waals surface area contributed by atoms with Crippen molar-refractivity contribution in [3.05, 3.63) is 95.5 Å². The van der Waals surface area contributed by atoms with Crippen molar-refractivity contribution >= 4 is 22.8 Å². The van der Waals surface area contributed by atoms with Crippen molar-refractivity contribution in [2.75, 3.05) is 0 Å². The fourth-order valence-corrected chi connectivity index (χ4v) is 3.84. The van der Waals surface area contributed by atoms with Crippen LogP contribution in [0, 0.1) is 5.92 Å². The van der Waals surface area contributed by atoms with Gasteiger partial charge >= 0.3 is 6.18 Å². The van der Waals surface area contributed by atoms with Crippen LogP contribution in [0.25, 0.3) is 22.3 Å². The van der Waals surface area contributed by atoms with Gasteiger partial charge in [0.15, 0.2) is 5.65 Å². The van der Waals surface area contributed by atoms with Crippen LogP contribution in [-0.4, -0.2) is 26.0 Å². The number of alkyl halides is 3. The molecule has 0 amide bonds. The van der Waals surface area contributed by atoms with Crippen LogP contribution < -0.4 is 4.74 Å². The van der Waals surface area contributed by atoms with E-state index in [-0.39, 0.29) is 23.3 Å². The van der Waals surface area contributed by atoms with E-state index < -0.39 is 12.1 Å². The first kappa shape index (κ1) is 21.2. The summed E-state index contributed by atoms with van der Waals surface area (Å²) < 4.78 is 48.1. The number of fused-ring (bicyclic) bond motifs is 1. The Kier molecular flexibility index (Phi) is 5.38. The third-order valence-electron chi connectivity index (χ3n) is 5.31. The lowest BCUT2D eigenvalue weighted by atomic mass is 9.91. The van der Waals surface area contributed by atoms with Gasteiger partial charge in [0.25, 0.3) is 0 Å². The number of hydrogen-bond acceptors (Lipinski definition) is 4. The van der Waals surface area contributed by atoms with E-state index >= 15 is 0 Å². The van der Waals surface area contributed by atoms with E-state index in [1.54, 1.807) is 12.1 Å². The summed E-state index contributed by atoms with van der Waals surface area (Å²) in [6.45, 7) is 0. The van der Waals surface area contributed by atoms with E-state index in [4.69, 9.17) is 16.3 Å². The molecule has 0 aliphatic heterocycles. The van der Waals surface area contributed by atoms with E-state index in [1.165, 1.54) is 4.52 Å². The molecule has 33 heavy (non-hydrogen) atoms. The average molecular weight is 469 g/mol. The summed E-state index contributed by atoms with van der Waals surface area (Å²) in [5, 5.41) is 12.2. The molecular formula is C24H16ClF3N4O. The highest BCUT2D eigenvalue weighted by molar-refractivity contribution is 6.28. The lowest BCUT2D eigenvalue weighted by Gasteiger charge is -2.24. The summed E-state index contributed by atoms with van der Waals surface area (Å²) in [6, 6.07) is 20.0. The van der Waals surface area contributed by atoms with Gasteiger partial charge in [-0.15, -0.1) is 15.3 Å². The first-order valence-corrected chi connectivity index (χ1v) is 10.5. The fourth-order valence-electron chi connectivity index (χ4n) is 3.67. The van der Waals surface area contributed by atoms with Crippen LogP contribution in [0.4, 0.5) is 13.2 Å². The smallest absolute Gasteiger partial charge is 0.395 e. The molecule has 0 radical (unpaired) electrons. The van der Waals surface area contributed by atoms with E-state index in [9.17, 15) is 13.2 Å². The second-order valence-corrected chi connectivity index (χ2v) is 7.81. The lowest BCUT2D eigenvalue weighted by Crippen LogP contribution is -2.24. The molecule has 0 spiro atoms. The number of nitrogens with zero attached hydrogens (tertiary/aromatic N) is 4. The molecular weight excluding hydrogens is 453 g/mol. The van der Waals surface area contributed by atoms with Crippen LogP contribution in [0.1, 0.15) is 12.0 Å². The molecule has 1 aliphatic carbocycles. The predicted octanol–water partition coefficient (Wildman–Crippen LogP) is 6.37. The molecule has 0 N–H and O–H groups in total. The molecule has 0 fully saturated rings. The third-order valence-corrected chi connectivity index (χ3v) is 5.55. The van der Waals surface area contributed by atoms with E-state index in [0.717, 1.165) is 17.2 Å². The zero-order chi connectivity index (χ0) is 23.0. The SMILES string of the molecule is FC(F)(F)C1C=C(Oc2nn3c(Cl)nnc3cc2-c2ccccc2)C(c2ccccc2)=CC1. The van der Waals surface area contributed by atoms with Gasteiger partial charge in [-0.1, -0.05) is 66.7 Å². The molecule has 5 nitrogen and oxygen atoms in total. The van der Waals surface area contributed by atoms with Crippen molar-refractivity contribution in [3.63, 3.8) is 0 Å². The lowest BCUT2D eigenvalue weighted by molar-refractivity contribution is -0.160. The number of hydrogen-bond donors (Lipinski definition) is 0. The first-order valence-electron chi connectivity index (χ1n) is 10.1. The Labute approximate surface area is 191 Å². The molecule has 1 atom stereocenters. The summed E-state index contributed by atoms with van der Waals surface area (Å²) in [6.07, 6.45) is -1.91. The van der Waals surface area contributed by atoms with Crippen molar-refractivity contribution in [2.45, 2.75) is 12.6 Å². The zero-order valence-corrected chi connectivity index (χ0v) is 17.8. The Hall–Kier alpha value is -3.65. The third kappa shape index (κ3) is 4.21. The second kappa shape index (κ2) is 8.37. The van der Waals surface area contributed by atoms with Crippen LogP contribution in [0.3, 0.4) is 0 Å². The molecule has 2 heterocycles. The Morgan fingerprint density at radius 3 is 2.27 bits per heavy atom. The molecule has 2 aromatic carbocycles. The Morgan fingerprint density at radius 2 is 1.61 bits per heavy atom. The van der Waals surface area contributed by atoms with Crippen molar-refractivity contribution in [1.29, 1.82) is 0 Å². The largest absolute Gasteiger partial charge is 0.437 e. The number of halogens is 4. The second-order valence-electron chi connectivity index (χ2n) is 7.47. The fraction of sp³-hybridized carbons (Fsp3) is 0.125. The summed E-state index contributed by atoms with van der Waals surface area (Å²) in [5.74, 6) is -1.50. The number of ether oxygens (including phenoxy) is 1. The molecule has 0 saturated carbocycles. The number of allylic oxidation sites excluding steroid dienone is 3. The molecule has 5 rings (SSSR count). The summed E-state index contributed by atoms with van der Waals surface area (Å²) in [4.78, 5) is 0. The van der Waals surface area contributed by atoms with E-state index in [0.29, 0.717) is 16.8 Å². The van der Waals surface area contributed by atoms with Crippen LogP contribution in [-0.2, 0) is 0 Å². The van der Waals surface area contributed by atoms with Gasteiger partial charge in [0.1, 0.15) is 5.76 Å². The highest BCUT2D eigenvalue weighted by Crippen LogP contribution is 2.40. The number of benzene rings is 2. The molecule has 1 aliphatic rings. The molecule has 166 valence electrons. The summed E-state index contributed by atoms with van der Waals surface area (Å²) >= 11 is 6.09. The molecule has 0 bridgehead atoms. The van der Waals surface area contributed by atoms with Gasteiger partial charge in [0, 0.05) is 11.1 Å².